The van der Waals surface area contributed by atoms with E-state index >= 15 is 0 Å². The minimum atomic E-state index is 0.00566. The number of likely N-dealkylation sites (N-methyl/N-ethyl adjacent to an activating group) is 1. The van der Waals surface area contributed by atoms with Crippen LogP contribution in [0.5, 0.6) is 0 Å². The van der Waals surface area contributed by atoms with Gasteiger partial charge in [0.2, 0.25) is 0 Å². The predicted octanol–water partition coefficient (Wildman–Crippen LogP) is 2.17. The fourth-order valence-corrected chi connectivity index (χ4v) is 2.80. The van der Waals surface area contributed by atoms with Crippen LogP contribution in [0.3, 0.4) is 0 Å². The van der Waals surface area contributed by atoms with Crippen LogP contribution in [0.4, 0.5) is 0 Å². The van der Waals surface area contributed by atoms with Gasteiger partial charge in [0.15, 0.2) is 0 Å². The molecule has 0 aliphatic carbocycles. The maximum Gasteiger partial charge on any atom is 0.0537 e. The van der Waals surface area contributed by atoms with Crippen molar-refractivity contribution in [3.05, 3.63) is 40.3 Å². The molecule has 0 bridgehead atoms. The summed E-state index contributed by atoms with van der Waals surface area (Å²) in [5, 5.41) is 6.27. The lowest BCUT2D eigenvalue weighted by Crippen LogP contribution is -2.30. The first-order valence-electron chi connectivity index (χ1n) is 6.05. The van der Waals surface area contributed by atoms with Gasteiger partial charge in [0.05, 0.1) is 6.20 Å². The molecular weight excluding hydrogens is 244 g/mol. The molecule has 5 heteroatoms. The lowest BCUT2D eigenvalue weighted by molar-refractivity contribution is 0.249. The van der Waals surface area contributed by atoms with Crippen molar-refractivity contribution in [2.45, 2.75) is 19.0 Å². The van der Waals surface area contributed by atoms with Gasteiger partial charge >= 0.3 is 0 Å². The highest BCUT2D eigenvalue weighted by atomic mass is 32.1. The van der Waals surface area contributed by atoms with Gasteiger partial charge in [-0.15, -0.1) is 11.3 Å². The standard InChI is InChI=1S/C13H20N4S/c1-10(13-5-4-6-18-13)16(2)9-12(14)11-7-15-17(3)8-11/h4-8,10,12H,9,14H2,1-3H3. The average molecular weight is 264 g/mol. The molecule has 0 radical (unpaired) electrons. The summed E-state index contributed by atoms with van der Waals surface area (Å²) < 4.78 is 1.79. The number of aryl methyl sites for hydroxylation is 1. The molecule has 2 N–H and O–H groups in total. The molecule has 0 saturated heterocycles. The normalized spacial score (nSPS) is 14.9. The summed E-state index contributed by atoms with van der Waals surface area (Å²) in [6.45, 7) is 3.03. The zero-order valence-electron chi connectivity index (χ0n) is 11.1. The number of hydrogen-bond acceptors (Lipinski definition) is 4. The third kappa shape index (κ3) is 2.98. The summed E-state index contributed by atoms with van der Waals surface area (Å²) in [6, 6.07) is 4.66. The van der Waals surface area contributed by atoms with Crippen LogP contribution in [0.15, 0.2) is 29.9 Å². The molecule has 2 rings (SSSR count). The molecule has 2 aromatic heterocycles. The van der Waals surface area contributed by atoms with E-state index < -0.39 is 0 Å². The molecule has 0 saturated carbocycles. The first-order chi connectivity index (χ1) is 8.58. The van der Waals surface area contributed by atoms with E-state index in [1.165, 1.54) is 4.88 Å². The summed E-state index contributed by atoms with van der Waals surface area (Å²) in [5.74, 6) is 0. The average Bonchev–Trinajstić information content (AvgIpc) is 2.98. The van der Waals surface area contributed by atoms with Gasteiger partial charge in [0.1, 0.15) is 0 Å². The molecule has 2 atom stereocenters. The molecule has 2 unspecified atom stereocenters. The van der Waals surface area contributed by atoms with Crippen LogP contribution < -0.4 is 5.73 Å². The van der Waals surface area contributed by atoms with Crippen molar-refractivity contribution >= 4 is 11.3 Å². The molecule has 98 valence electrons. The van der Waals surface area contributed by atoms with E-state index in [1.807, 2.05) is 19.4 Å². The smallest absolute Gasteiger partial charge is 0.0537 e. The maximum absolute atomic E-state index is 6.21. The van der Waals surface area contributed by atoms with E-state index in [9.17, 15) is 0 Å². The largest absolute Gasteiger partial charge is 0.323 e. The molecule has 0 aliphatic heterocycles. The number of nitrogens with zero attached hydrogens (tertiary/aromatic N) is 3. The van der Waals surface area contributed by atoms with Crippen molar-refractivity contribution < 1.29 is 0 Å². The Morgan fingerprint density at radius 2 is 2.33 bits per heavy atom. The number of hydrogen-bond donors (Lipinski definition) is 1. The Hall–Kier alpha value is -1.17. The van der Waals surface area contributed by atoms with Crippen LogP contribution in [0.1, 0.15) is 29.4 Å². The van der Waals surface area contributed by atoms with Gasteiger partial charge in [0, 0.05) is 42.3 Å². The van der Waals surface area contributed by atoms with Crippen LogP contribution in [-0.4, -0.2) is 28.3 Å². The molecule has 2 heterocycles. The predicted molar refractivity (Wildman–Crippen MR) is 75.5 cm³/mol. The highest BCUT2D eigenvalue weighted by Crippen LogP contribution is 2.24. The summed E-state index contributed by atoms with van der Waals surface area (Å²) in [6.07, 6.45) is 3.82. The Bertz CT molecular complexity index is 477. The summed E-state index contributed by atoms with van der Waals surface area (Å²) >= 11 is 1.79. The van der Waals surface area contributed by atoms with Gasteiger partial charge < -0.3 is 5.73 Å². The van der Waals surface area contributed by atoms with E-state index in [2.05, 4.69) is 41.5 Å². The molecule has 0 aromatic carbocycles. The maximum atomic E-state index is 6.21. The quantitative estimate of drug-likeness (QED) is 0.900. The van der Waals surface area contributed by atoms with E-state index in [0.717, 1.165) is 12.1 Å². The molecule has 4 nitrogen and oxygen atoms in total. The van der Waals surface area contributed by atoms with Gasteiger partial charge in [0.25, 0.3) is 0 Å². The first kappa shape index (κ1) is 13.3. The van der Waals surface area contributed by atoms with Gasteiger partial charge in [-0.1, -0.05) is 6.07 Å². The lowest BCUT2D eigenvalue weighted by Gasteiger charge is -2.26. The summed E-state index contributed by atoms with van der Waals surface area (Å²) in [7, 11) is 4.02. The highest BCUT2D eigenvalue weighted by molar-refractivity contribution is 7.10. The van der Waals surface area contributed by atoms with Crippen LogP contribution in [0, 0.1) is 0 Å². The fourth-order valence-electron chi connectivity index (χ4n) is 1.95. The Labute approximate surface area is 112 Å². The SMILES string of the molecule is CC(c1cccs1)N(C)CC(N)c1cnn(C)c1. The topological polar surface area (TPSA) is 47.1 Å². The fraction of sp³-hybridized carbons (Fsp3) is 0.462. The number of rotatable bonds is 5. The molecule has 18 heavy (non-hydrogen) atoms. The van der Waals surface area contributed by atoms with E-state index in [4.69, 9.17) is 5.73 Å². The summed E-state index contributed by atoms with van der Waals surface area (Å²) in [5.41, 5.74) is 7.29. The minimum Gasteiger partial charge on any atom is -0.323 e. The zero-order chi connectivity index (χ0) is 13.1. The second kappa shape index (κ2) is 5.65. The Morgan fingerprint density at radius 3 is 2.89 bits per heavy atom. The Balaban J connectivity index is 1.96. The Morgan fingerprint density at radius 1 is 1.56 bits per heavy atom. The number of thiophene rings is 1. The van der Waals surface area contributed by atoms with E-state index in [1.54, 1.807) is 16.0 Å². The van der Waals surface area contributed by atoms with Gasteiger partial charge in [-0.3, -0.25) is 9.58 Å². The van der Waals surface area contributed by atoms with Crippen molar-refractivity contribution in [1.29, 1.82) is 0 Å². The molecule has 2 aromatic rings. The van der Waals surface area contributed by atoms with Crippen LogP contribution in [0.25, 0.3) is 0 Å². The lowest BCUT2D eigenvalue weighted by atomic mass is 10.1. The second-order valence-electron chi connectivity index (χ2n) is 4.68. The van der Waals surface area contributed by atoms with Crippen molar-refractivity contribution in [3.8, 4) is 0 Å². The number of aromatic nitrogens is 2. The van der Waals surface area contributed by atoms with Gasteiger partial charge in [-0.25, -0.2) is 0 Å². The highest BCUT2D eigenvalue weighted by Gasteiger charge is 2.17. The molecular formula is C13H20N4S. The van der Waals surface area contributed by atoms with E-state index in [-0.39, 0.29) is 6.04 Å². The first-order valence-corrected chi connectivity index (χ1v) is 6.93. The van der Waals surface area contributed by atoms with Crippen molar-refractivity contribution in [2.24, 2.45) is 12.8 Å². The number of nitrogens with two attached hydrogens (primary N) is 1. The molecule has 0 fully saturated rings. The van der Waals surface area contributed by atoms with Crippen LogP contribution in [0.2, 0.25) is 0 Å². The van der Waals surface area contributed by atoms with Gasteiger partial charge in [-0.2, -0.15) is 5.10 Å². The van der Waals surface area contributed by atoms with Gasteiger partial charge in [-0.05, 0) is 25.4 Å². The molecule has 0 spiro atoms. The summed E-state index contributed by atoms with van der Waals surface area (Å²) in [4.78, 5) is 3.65. The van der Waals surface area contributed by atoms with E-state index in [0.29, 0.717) is 6.04 Å². The van der Waals surface area contributed by atoms with Crippen LogP contribution >= 0.6 is 11.3 Å². The van der Waals surface area contributed by atoms with Crippen LogP contribution in [-0.2, 0) is 7.05 Å². The van der Waals surface area contributed by atoms with Crippen molar-refractivity contribution in [2.75, 3.05) is 13.6 Å². The molecule has 0 aliphatic rings. The van der Waals surface area contributed by atoms with Crippen molar-refractivity contribution in [1.82, 2.24) is 14.7 Å². The third-order valence-electron chi connectivity index (χ3n) is 3.25. The zero-order valence-corrected chi connectivity index (χ0v) is 11.9. The third-order valence-corrected chi connectivity index (χ3v) is 4.30. The second-order valence-corrected chi connectivity index (χ2v) is 5.66. The monoisotopic (exact) mass is 264 g/mol. The Kier molecular flexibility index (Phi) is 4.16. The van der Waals surface area contributed by atoms with Crippen molar-refractivity contribution in [3.63, 3.8) is 0 Å². The minimum absolute atomic E-state index is 0.00566. The molecule has 0 amide bonds.